The Labute approximate surface area is 230 Å². The highest BCUT2D eigenvalue weighted by molar-refractivity contribution is 7.92. The van der Waals surface area contributed by atoms with Crippen molar-refractivity contribution in [2.24, 2.45) is 0 Å². The van der Waals surface area contributed by atoms with E-state index in [0.717, 1.165) is 41.8 Å². The van der Waals surface area contributed by atoms with Gasteiger partial charge < -0.3 is 10.2 Å². The predicted octanol–water partition coefficient (Wildman–Crippen LogP) is 5.36. The topological polar surface area (TPSA) is 86.8 Å². The summed E-state index contributed by atoms with van der Waals surface area (Å²) in [5.74, 6) is -0.516. The Morgan fingerprint density at radius 2 is 1.65 bits per heavy atom. The van der Waals surface area contributed by atoms with E-state index in [4.69, 9.17) is 23.2 Å². The number of anilines is 1. The lowest BCUT2D eigenvalue weighted by Gasteiger charge is -2.32. The quantitative estimate of drug-likeness (QED) is 0.418. The molecule has 1 saturated carbocycles. The molecule has 2 aromatic carbocycles. The highest BCUT2D eigenvalue weighted by atomic mass is 35.5. The van der Waals surface area contributed by atoms with Crippen LogP contribution in [0.25, 0.3) is 0 Å². The minimum atomic E-state index is -3.79. The third-order valence-corrected chi connectivity index (χ3v) is 8.48. The number of nitrogens with zero attached hydrogens (tertiary/aromatic N) is 2. The first kappa shape index (κ1) is 29.3. The van der Waals surface area contributed by atoms with Crippen molar-refractivity contribution in [1.29, 1.82) is 0 Å². The number of rotatable bonds is 10. The first-order chi connectivity index (χ1) is 17.4. The smallest absolute Gasteiger partial charge is 0.244 e. The van der Waals surface area contributed by atoms with Crippen molar-refractivity contribution in [2.75, 3.05) is 17.1 Å². The molecular weight excluding hydrogens is 533 g/mol. The summed E-state index contributed by atoms with van der Waals surface area (Å²) in [6.45, 7) is 5.31. The molecule has 0 heterocycles. The number of sulfonamides is 1. The number of hydrogen-bond acceptors (Lipinski definition) is 4. The van der Waals surface area contributed by atoms with Crippen molar-refractivity contribution in [3.63, 3.8) is 0 Å². The van der Waals surface area contributed by atoms with Crippen LogP contribution >= 0.6 is 23.2 Å². The van der Waals surface area contributed by atoms with Gasteiger partial charge in [-0.15, -0.1) is 0 Å². The maximum atomic E-state index is 13.7. The summed E-state index contributed by atoms with van der Waals surface area (Å²) in [6, 6.07) is 11.3. The van der Waals surface area contributed by atoms with Crippen LogP contribution in [0.4, 0.5) is 5.69 Å². The van der Waals surface area contributed by atoms with Crippen LogP contribution in [0.1, 0.15) is 63.5 Å². The molecule has 1 aliphatic carbocycles. The summed E-state index contributed by atoms with van der Waals surface area (Å²) in [7, 11) is -3.79. The zero-order valence-electron chi connectivity index (χ0n) is 21.7. The van der Waals surface area contributed by atoms with E-state index >= 15 is 0 Å². The van der Waals surface area contributed by atoms with Gasteiger partial charge in [-0.1, -0.05) is 68.1 Å². The van der Waals surface area contributed by atoms with Gasteiger partial charge in [0.1, 0.15) is 12.6 Å². The van der Waals surface area contributed by atoms with Gasteiger partial charge in [0, 0.05) is 22.6 Å². The molecule has 0 aromatic heterocycles. The monoisotopic (exact) mass is 567 g/mol. The maximum Gasteiger partial charge on any atom is 0.244 e. The second kappa shape index (κ2) is 12.5. The second-order valence-electron chi connectivity index (χ2n) is 9.94. The molecule has 10 heteroatoms. The molecule has 37 heavy (non-hydrogen) atoms. The number of carbonyl (C=O) groups excluding carboxylic acids is 2. The zero-order valence-corrected chi connectivity index (χ0v) is 24.0. The molecule has 0 radical (unpaired) electrons. The van der Waals surface area contributed by atoms with Crippen LogP contribution in [-0.2, 0) is 26.2 Å². The maximum absolute atomic E-state index is 13.7. The third-order valence-electron chi connectivity index (χ3n) is 6.75. The largest absolute Gasteiger partial charge is 0.352 e. The van der Waals surface area contributed by atoms with E-state index in [1.165, 1.54) is 4.90 Å². The van der Waals surface area contributed by atoms with Gasteiger partial charge in [0.25, 0.3) is 0 Å². The standard InChI is InChI=1S/C27H35Cl2N3O4S/c1-18(2)20-10-13-24(14-11-20)32(37(4,35)36)17-26(33)31(16-21-9-12-22(28)15-25(21)29)19(3)27(34)30-23-7-5-6-8-23/h9-15,18-19,23H,5-8,16-17H2,1-4H3,(H,30,34). The van der Waals surface area contributed by atoms with Gasteiger partial charge >= 0.3 is 0 Å². The summed E-state index contributed by atoms with van der Waals surface area (Å²) in [5, 5.41) is 3.85. The highest BCUT2D eigenvalue weighted by Gasteiger charge is 2.31. The van der Waals surface area contributed by atoms with Crippen molar-refractivity contribution in [1.82, 2.24) is 10.2 Å². The summed E-state index contributed by atoms with van der Waals surface area (Å²) < 4.78 is 26.5. The van der Waals surface area contributed by atoms with Crippen molar-refractivity contribution in [3.8, 4) is 0 Å². The van der Waals surface area contributed by atoms with Crippen LogP contribution in [-0.4, -0.2) is 50.0 Å². The van der Waals surface area contributed by atoms with E-state index in [1.54, 1.807) is 37.3 Å². The van der Waals surface area contributed by atoms with Gasteiger partial charge in [0.05, 0.1) is 11.9 Å². The van der Waals surface area contributed by atoms with Crippen molar-refractivity contribution >= 4 is 50.7 Å². The summed E-state index contributed by atoms with van der Waals surface area (Å²) in [5.41, 5.74) is 2.04. The predicted molar refractivity (Wildman–Crippen MR) is 150 cm³/mol. The summed E-state index contributed by atoms with van der Waals surface area (Å²) in [6.07, 6.45) is 4.99. The van der Waals surface area contributed by atoms with Crippen LogP contribution in [0, 0.1) is 0 Å². The molecule has 2 amide bonds. The molecule has 0 saturated heterocycles. The number of nitrogens with one attached hydrogen (secondary N) is 1. The Balaban J connectivity index is 1.90. The molecule has 0 aliphatic heterocycles. The molecule has 202 valence electrons. The van der Waals surface area contributed by atoms with E-state index in [-0.39, 0.29) is 24.4 Å². The van der Waals surface area contributed by atoms with Gasteiger partial charge in [0.2, 0.25) is 21.8 Å². The molecule has 0 spiro atoms. The van der Waals surface area contributed by atoms with Crippen LogP contribution in [0.2, 0.25) is 10.0 Å². The van der Waals surface area contributed by atoms with Crippen LogP contribution in [0.3, 0.4) is 0 Å². The molecule has 7 nitrogen and oxygen atoms in total. The Morgan fingerprint density at radius 3 is 2.19 bits per heavy atom. The molecule has 1 atom stereocenters. The molecule has 3 rings (SSSR count). The molecule has 2 aromatic rings. The van der Waals surface area contributed by atoms with Gasteiger partial charge in [-0.3, -0.25) is 13.9 Å². The highest BCUT2D eigenvalue weighted by Crippen LogP contribution is 2.26. The van der Waals surface area contributed by atoms with Gasteiger partial charge in [0.15, 0.2) is 0 Å². The average molecular weight is 569 g/mol. The minimum Gasteiger partial charge on any atom is -0.352 e. The molecule has 1 aliphatic rings. The SMILES string of the molecule is CC(C)c1ccc(N(CC(=O)N(Cc2ccc(Cl)cc2Cl)C(C)C(=O)NC2CCCC2)S(C)(=O)=O)cc1. The van der Waals surface area contributed by atoms with E-state index in [1.807, 2.05) is 26.0 Å². The van der Waals surface area contributed by atoms with Gasteiger partial charge in [-0.2, -0.15) is 0 Å². The Kier molecular flexibility index (Phi) is 9.89. The van der Waals surface area contributed by atoms with E-state index in [2.05, 4.69) is 5.32 Å². The first-order valence-corrected chi connectivity index (χ1v) is 15.1. The lowest BCUT2D eigenvalue weighted by molar-refractivity contribution is -0.139. The molecule has 1 fully saturated rings. The minimum absolute atomic E-state index is 0.0258. The van der Waals surface area contributed by atoms with Crippen LogP contribution in [0.5, 0.6) is 0 Å². The van der Waals surface area contributed by atoms with Gasteiger partial charge in [-0.25, -0.2) is 8.42 Å². The average Bonchev–Trinajstić information content (AvgIpc) is 3.34. The van der Waals surface area contributed by atoms with Crippen molar-refractivity contribution < 1.29 is 18.0 Å². The van der Waals surface area contributed by atoms with Crippen molar-refractivity contribution in [2.45, 2.75) is 71.0 Å². The lowest BCUT2D eigenvalue weighted by atomic mass is 10.0. The molecular formula is C27H35Cl2N3O4S. The fraction of sp³-hybridized carbons (Fsp3) is 0.481. The van der Waals surface area contributed by atoms with E-state index < -0.39 is 28.5 Å². The van der Waals surface area contributed by atoms with Crippen LogP contribution < -0.4 is 9.62 Å². The molecule has 1 unspecified atom stereocenters. The van der Waals surface area contributed by atoms with Gasteiger partial charge in [-0.05, 0) is 61.1 Å². The summed E-state index contributed by atoms with van der Waals surface area (Å²) >= 11 is 12.4. The van der Waals surface area contributed by atoms with Crippen LogP contribution in [0.15, 0.2) is 42.5 Å². The van der Waals surface area contributed by atoms with E-state index in [9.17, 15) is 18.0 Å². The Morgan fingerprint density at radius 1 is 1.03 bits per heavy atom. The number of halogens is 2. The lowest BCUT2D eigenvalue weighted by Crippen LogP contribution is -2.52. The van der Waals surface area contributed by atoms with E-state index in [0.29, 0.717) is 21.3 Å². The molecule has 1 N–H and O–H groups in total. The number of hydrogen-bond donors (Lipinski definition) is 1. The number of carbonyl (C=O) groups is 2. The number of amides is 2. The molecule has 0 bridgehead atoms. The fourth-order valence-corrected chi connectivity index (χ4v) is 5.77. The normalized spacial score (nSPS) is 15.0. The van der Waals surface area contributed by atoms with Crippen molar-refractivity contribution in [3.05, 3.63) is 63.6 Å². The first-order valence-electron chi connectivity index (χ1n) is 12.5. The Hall–Kier alpha value is -2.29. The second-order valence-corrected chi connectivity index (χ2v) is 12.7. The zero-order chi connectivity index (χ0) is 27.3. The summed E-state index contributed by atoms with van der Waals surface area (Å²) in [4.78, 5) is 28.2. The fourth-order valence-electron chi connectivity index (χ4n) is 4.45. The third kappa shape index (κ3) is 7.85. The Bertz CT molecular complexity index is 1210. The number of benzene rings is 2.